The zero-order valence-corrected chi connectivity index (χ0v) is 15.6. The molecule has 11 heteroatoms. The number of anilines is 1. The van der Waals surface area contributed by atoms with Gasteiger partial charge in [0.25, 0.3) is 5.91 Å². The second kappa shape index (κ2) is 7.94. The molecule has 1 aromatic heterocycles. The Balaban J connectivity index is 2.25. The van der Waals surface area contributed by atoms with Crippen molar-refractivity contribution in [3.05, 3.63) is 29.3 Å². The minimum Gasteiger partial charge on any atom is -0.493 e. The molecule has 0 aliphatic carbocycles. The first kappa shape index (κ1) is 19.4. The van der Waals surface area contributed by atoms with Crippen molar-refractivity contribution >= 4 is 38.3 Å². The van der Waals surface area contributed by atoms with Crippen molar-refractivity contribution in [2.45, 2.75) is 4.34 Å². The Labute approximate surface area is 153 Å². The summed E-state index contributed by atoms with van der Waals surface area (Å²) in [4.78, 5) is 12.2. The number of hydrogen-bond donors (Lipinski definition) is 1. The lowest BCUT2D eigenvalue weighted by Crippen LogP contribution is -2.13. The highest BCUT2D eigenvalue weighted by Crippen LogP contribution is 2.28. The average molecular weight is 394 g/mol. The van der Waals surface area contributed by atoms with Crippen LogP contribution in [0.5, 0.6) is 11.5 Å². The van der Waals surface area contributed by atoms with E-state index in [9.17, 15) is 18.5 Å². The summed E-state index contributed by atoms with van der Waals surface area (Å²) >= 11 is 0.698. The van der Waals surface area contributed by atoms with Crippen molar-refractivity contribution in [1.29, 1.82) is 5.26 Å². The molecular weight excluding hydrogens is 380 g/mol. The molecule has 2 rings (SSSR count). The van der Waals surface area contributed by atoms with Crippen LogP contribution in [-0.2, 0) is 14.6 Å². The molecule has 2 aromatic rings. The minimum absolute atomic E-state index is 0.0242. The molecule has 0 aliphatic rings. The lowest BCUT2D eigenvalue weighted by atomic mass is 10.1. The van der Waals surface area contributed by atoms with Crippen molar-refractivity contribution in [3.63, 3.8) is 0 Å². The smallest absolute Gasteiger partial charge is 0.268 e. The van der Waals surface area contributed by atoms with Crippen molar-refractivity contribution in [1.82, 2.24) is 10.2 Å². The van der Waals surface area contributed by atoms with E-state index in [0.717, 1.165) is 6.26 Å². The third kappa shape index (κ3) is 4.56. The second-order valence-corrected chi connectivity index (χ2v) is 8.05. The number of benzene rings is 1. The molecule has 0 atom stereocenters. The summed E-state index contributed by atoms with van der Waals surface area (Å²) in [5.74, 6) is 0.217. The van der Waals surface area contributed by atoms with Gasteiger partial charge in [-0.2, -0.15) is 5.26 Å². The van der Waals surface area contributed by atoms with Crippen LogP contribution in [0.1, 0.15) is 5.56 Å². The fraction of sp³-hybridized carbons (Fsp3) is 0.200. The zero-order valence-electron chi connectivity index (χ0n) is 14.0. The van der Waals surface area contributed by atoms with Crippen LogP contribution in [0, 0.1) is 11.3 Å². The Morgan fingerprint density at radius 3 is 2.50 bits per heavy atom. The molecule has 0 saturated heterocycles. The van der Waals surface area contributed by atoms with E-state index >= 15 is 0 Å². The molecule has 0 fully saturated rings. The van der Waals surface area contributed by atoms with Crippen LogP contribution < -0.4 is 14.8 Å². The lowest BCUT2D eigenvalue weighted by Gasteiger charge is -2.08. The predicted octanol–water partition coefficient (Wildman–Crippen LogP) is 1.50. The van der Waals surface area contributed by atoms with Gasteiger partial charge in [-0.15, -0.1) is 10.2 Å². The summed E-state index contributed by atoms with van der Waals surface area (Å²) in [6.07, 6.45) is 2.34. The average Bonchev–Trinajstić information content (AvgIpc) is 3.08. The predicted molar refractivity (Wildman–Crippen MR) is 94.8 cm³/mol. The number of carbonyl (C=O) groups excluding carboxylic acids is 1. The van der Waals surface area contributed by atoms with Crippen molar-refractivity contribution < 1.29 is 22.7 Å². The molecule has 1 N–H and O–H groups in total. The maximum absolute atomic E-state index is 12.2. The van der Waals surface area contributed by atoms with Gasteiger partial charge in [-0.3, -0.25) is 10.1 Å². The first-order chi connectivity index (χ1) is 12.3. The quantitative estimate of drug-likeness (QED) is 0.443. The van der Waals surface area contributed by atoms with E-state index in [2.05, 4.69) is 15.5 Å². The molecule has 0 unspecified atom stereocenters. The van der Waals surface area contributed by atoms with Gasteiger partial charge in [0.1, 0.15) is 11.6 Å². The van der Waals surface area contributed by atoms with Crippen LogP contribution in [0.15, 0.2) is 28.1 Å². The first-order valence-corrected chi connectivity index (χ1v) is 9.68. The largest absolute Gasteiger partial charge is 0.493 e. The summed E-state index contributed by atoms with van der Waals surface area (Å²) in [5.41, 5.74) is 0.344. The molecule has 0 aliphatic heterocycles. The topological polar surface area (TPSA) is 131 Å². The number of methoxy groups -OCH3 is 2. The molecule has 0 saturated carbocycles. The van der Waals surface area contributed by atoms with Crippen LogP contribution in [-0.4, -0.2) is 45.0 Å². The molecule has 0 spiro atoms. The van der Waals surface area contributed by atoms with Crippen molar-refractivity contribution in [3.8, 4) is 17.6 Å². The van der Waals surface area contributed by atoms with Crippen molar-refractivity contribution in [2.75, 3.05) is 25.8 Å². The number of nitrogens with one attached hydrogen (secondary N) is 1. The van der Waals surface area contributed by atoms with Gasteiger partial charge in [0.2, 0.25) is 19.3 Å². The Morgan fingerprint density at radius 2 is 1.96 bits per heavy atom. The number of aromatic nitrogens is 2. The fourth-order valence-corrected chi connectivity index (χ4v) is 3.34. The lowest BCUT2D eigenvalue weighted by molar-refractivity contribution is -0.112. The highest BCUT2D eigenvalue weighted by molar-refractivity contribution is 7.92. The maximum Gasteiger partial charge on any atom is 0.268 e. The van der Waals surface area contributed by atoms with Gasteiger partial charge in [0, 0.05) is 6.26 Å². The number of ether oxygens (including phenoxy) is 2. The van der Waals surface area contributed by atoms with E-state index in [1.54, 1.807) is 24.3 Å². The van der Waals surface area contributed by atoms with E-state index in [1.807, 2.05) is 0 Å². The van der Waals surface area contributed by atoms with Crippen LogP contribution in [0.4, 0.5) is 5.13 Å². The second-order valence-electron chi connectivity index (χ2n) is 4.88. The number of hydrogen-bond acceptors (Lipinski definition) is 9. The third-order valence-electron chi connectivity index (χ3n) is 3.03. The highest BCUT2D eigenvalue weighted by atomic mass is 32.2. The highest BCUT2D eigenvalue weighted by Gasteiger charge is 2.17. The normalized spacial score (nSPS) is 11.5. The first-order valence-electron chi connectivity index (χ1n) is 6.97. The third-order valence-corrected chi connectivity index (χ3v) is 5.54. The van der Waals surface area contributed by atoms with E-state index in [4.69, 9.17) is 9.47 Å². The number of amides is 1. The number of rotatable bonds is 6. The molecule has 26 heavy (non-hydrogen) atoms. The zero-order chi connectivity index (χ0) is 19.3. The van der Waals surface area contributed by atoms with Gasteiger partial charge < -0.3 is 9.47 Å². The molecule has 0 radical (unpaired) electrons. The summed E-state index contributed by atoms with van der Waals surface area (Å²) in [6.45, 7) is 0. The monoisotopic (exact) mass is 394 g/mol. The van der Waals surface area contributed by atoms with E-state index in [-0.39, 0.29) is 15.0 Å². The van der Waals surface area contributed by atoms with Gasteiger partial charge in [0.15, 0.2) is 11.5 Å². The summed E-state index contributed by atoms with van der Waals surface area (Å²) in [6, 6.07) is 6.69. The van der Waals surface area contributed by atoms with Gasteiger partial charge in [-0.25, -0.2) is 8.42 Å². The molecule has 1 heterocycles. The Hall–Kier alpha value is -2.97. The Bertz CT molecular complexity index is 1010. The molecule has 9 nitrogen and oxygen atoms in total. The Morgan fingerprint density at radius 1 is 1.27 bits per heavy atom. The van der Waals surface area contributed by atoms with E-state index in [0.29, 0.717) is 28.4 Å². The van der Waals surface area contributed by atoms with E-state index < -0.39 is 15.7 Å². The van der Waals surface area contributed by atoms with Gasteiger partial charge in [-0.05, 0) is 23.8 Å². The Kier molecular flexibility index (Phi) is 5.91. The SMILES string of the molecule is COc1ccc(/C=C(/C#N)C(=O)Nc2nnc(S(C)(=O)=O)s2)cc1OC. The van der Waals surface area contributed by atoms with Crippen molar-refractivity contribution in [2.24, 2.45) is 0 Å². The summed E-state index contributed by atoms with van der Waals surface area (Å²) in [5, 5.41) is 18.6. The summed E-state index contributed by atoms with van der Waals surface area (Å²) < 4.78 is 32.8. The molecule has 0 bridgehead atoms. The van der Waals surface area contributed by atoms with Crippen LogP contribution in [0.25, 0.3) is 6.08 Å². The van der Waals surface area contributed by atoms with E-state index in [1.165, 1.54) is 20.3 Å². The molecular formula is C15H14N4O5S2. The number of carbonyl (C=O) groups is 1. The number of nitriles is 1. The molecule has 136 valence electrons. The maximum atomic E-state index is 12.2. The molecule has 1 amide bonds. The van der Waals surface area contributed by atoms with Crippen LogP contribution in [0.2, 0.25) is 0 Å². The van der Waals surface area contributed by atoms with Crippen LogP contribution >= 0.6 is 11.3 Å². The van der Waals surface area contributed by atoms with Gasteiger partial charge >= 0.3 is 0 Å². The molecule has 1 aromatic carbocycles. The standard InChI is InChI=1S/C15H14N4O5S2/c1-23-11-5-4-9(7-12(11)24-2)6-10(8-16)13(20)17-14-18-19-15(25-14)26(3,21)22/h4-7H,1-3H3,(H,17,18,20)/b10-6-. The fourth-order valence-electron chi connectivity index (χ4n) is 1.83. The van der Waals surface area contributed by atoms with Crippen LogP contribution in [0.3, 0.4) is 0 Å². The van der Waals surface area contributed by atoms with Gasteiger partial charge in [-0.1, -0.05) is 17.4 Å². The minimum atomic E-state index is -3.52. The van der Waals surface area contributed by atoms with Gasteiger partial charge in [0.05, 0.1) is 14.2 Å². The number of sulfone groups is 1. The summed E-state index contributed by atoms with van der Waals surface area (Å²) in [7, 11) is -0.554. The number of nitrogens with zero attached hydrogens (tertiary/aromatic N) is 3.